The van der Waals surface area contributed by atoms with Crippen LogP contribution in [0.4, 0.5) is 0 Å². The van der Waals surface area contributed by atoms with Crippen LogP contribution < -0.4 is 10.6 Å². The zero-order valence-corrected chi connectivity index (χ0v) is 11.1. The van der Waals surface area contributed by atoms with Crippen LogP contribution in [-0.4, -0.2) is 66.1 Å². The maximum absolute atomic E-state index is 11.8. The van der Waals surface area contributed by atoms with E-state index in [1.54, 1.807) is 0 Å². The lowest BCUT2D eigenvalue weighted by molar-refractivity contribution is 0.0689. The van der Waals surface area contributed by atoms with E-state index in [1.165, 1.54) is 18.3 Å². The van der Waals surface area contributed by atoms with Crippen LogP contribution >= 0.6 is 0 Å². The number of hydrogen-bond donors (Lipinski definition) is 3. The lowest BCUT2D eigenvalue weighted by Gasteiger charge is -2.27. The van der Waals surface area contributed by atoms with Gasteiger partial charge in [-0.05, 0) is 12.1 Å². The number of carbonyl (C=O) groups is 2. The summed E-state index contributed by atoms with van der Waals surface area (Å²) in [7, 11) is 0. The van der Waals surface area contributed by atoms with Gasteiger partial charge in [0.15, 0.2) is 0 Å². The van der Waals surface area contributed by atoms with Crippen molar-refractivity contribution in [2.75, 3.05) is 39.3 Å². The molecule has 3 N–H and O–H groups in total. The molecule has 0 unspecified atom stereocenters. The third-order valence-corrected chi connectivity index (χ3v) is 3.17. The number of rotatable bonds is 5. The van der Waals surface area contributed by atoms with Crippen molar-refractivity contribution in [3.8, 4) is 0 Å². The first-order valence-corrected chi connectivity index (χ1v) is 6.57. The van der Waals surface area contributed by atoms with Crippen molar-refractivity contribution in [2.24, 2.45) is 0 Å². The van der Waals surface area contributed by atoms with E-state index < -0.39 is 5.97 Å². The highest BCUT2D eigenvalue weighted by Gasteiger charge is 2.11. The predicted molar refractivity (Wildman–Crippen MR) is 72.8 cm³/mol. The lowest BCUT2D eigenvalue weighted by atomic mass is 10.2. The molecule has 0 bridgehead atoms. The van der Waals surface area contributed by atoms with Gasteiger partial charge in [0, 0.05) is 45.5 Å². The average Bonchev–Trinajstić information content (AvgIpc) is 2.48. The Bertz CT molecular complexity index is 469. The molecule has 7 nitrogen and oxygen atoms in total. The molecule has 0 aliphatic carbocycles. The first-order chi connectivity index (χ1) is 9.66. The van der Waals surface area contributed by atoms with E-state index in [0.29, 0.717) is 12.1 Å². The zero-order chi connectivity index (χ0) is 14.4. The Kier molecular flexibility index (Phi) is 5.03. The smallest absolute Gasteiger partial charge is 0.354 e. The molecule has 0 atom stereocenters. The van der Waals surface area contributed by atoms with Crippen molar-refractivity contribution in [1.29, 1.82) is 0 Å². The first kappa shape index (κ1) is 14.4. The van der Waals surface area contributed by atoms with E-state index in [-0.39, 0.29) is 11.6 Å². The fourth-order valence-electron chi connectivity index (χ4n) is 2.02. The summed E-state index contributed by atoms with van der Waals surface area (Å²) in [6.45, 7) is 5.33. The maximum atomic E-state index is 11.8. The van der Waals surface area contributed by atoms with Crippen LogP contribution in [-0.2, 0) is 0 Å². The van der Waals surface area contributed by atoms with Gasteiger partial charge in [0.2, 0.25) is 0 Å². The normalized spacial score (nSPS) is 15.8. The third-order valence-electron chi connectivity index (χ3n) is 3.17. The molecular formula is C13H18N4O3. The Morgan fingerprint density at radius 1 is 1.35 bits per heavy atom. The molecule has 1 fully saturated rings. The van der Waals surface area contributed by atoms with E-state index in [4.69, 9.17) is 5.11 Å². The van der Waals surface area contributed by atoms with Crippen LogP contribution in [0.1, 0.15) is 20.8 Å². The Labute approximate surface area is 117 Å². The Hall–Kier alpha value is -1.99. The van der Waals surface area contributed by atoms with Gasteiger partial charge in [-0.15, -0.1) is 0 Å². The molecule has 1 saturated heterocycles. The Balaban J connectivity index is 1.77. The molecular weight excluding hydrogens is 260 g/mol. The Morgan fingerprint density at radius 2 is 2.10 bits per heavy atom. The van der Waals surface area contributed by atoms with Gasteiger partial charge in [-0.3, -0.25) is 9.69 Å². The van der Waals surface area contributed by atoms with E-state index in [1.807, 2.05) is 0 Å². The number of pyridine rings is 1. The van der Waals surface area contributed by atoms with Crippen molar-refractivity contribution in [3.05, 3.63) is 29.6 Å². The van der Waals surface area contributed by atoms with Crippen LogP contribution in [0.2, 0.25) is 0 Å². The van der Waals surface area contributed by atoms with E-state index in [2.05, 4.69) is 20.5 Å². The van der Waals surface area contributed by atoms with Crippen molar-refractivity contribution >= 4 is 11.9 Å². The van der Waals surface area contributed by atoms with Gasteiger partial charge < -0.3 is 15.7 Å². The summed E-state index contributed by atoms with van der Waals surface area (Å²) in [6.07, 6.45) is 1.28. The molecule has 1 amide bonds. The van der Waals surface area contributed by atoms with Crippen molar-refractivity contribution < 1.29 is 14.7 Å². The number of carboxylic acid groups (broad SMARTS) is 1. The largest absolute Gasteiger partial charge is 0.477 e. The molecule has 108 valence electrons. The number of piperazine rings is 1. The van der Waals surface area contributed by atoms with Crippen molar-refractivity contribution in [2.45, 2.75) is 0 Å². The van der Waals surface area contributed by atoms with Crippen LogP contribution in [0, 0.1) is 0 Å². The Morgan fingerprint density at radius 3 is 2.70 bits per heavy atom. The zero-order valence-electron chi connectivity index (χ0n) is 11.1. The number of carboxylic acids is 1. The molecule has 2 heterocycles. The van der Waals surface area contributed by atoms with Crippen molar-refractivity contribution in [1.82, 2.24) is 20.5 Å². The quantitative estimate of drug-likeness (QED) is 0.667. The van der Waals surface area contributed by atoms with Gasteiger partial charge in [0.25, 0.3) is 5.91 Å². The fourth-order valence-corrected chi connectivity index (χ4v) is 2.02. The summed E-state index contributed by atoms with van der Waals surface area (Å²) >= 11 is 0. The van der Waals surface area contributed by atoms with Crippen LogP contribution in [0.3, 0.4) is 0 Å². The molecule has 1 aliphatic rings. The monoisotopic (exact) mass is 278 g/mol. The second-order valence-corrected chi connectivity index (χ2v) is 4.58. The third kappa shape index (κ3) is 4.01. The highest BCUT2D eigenvalue weighted by molar-refractivity contribution is 5.94. The molecule has 1 aromatic rings. The van der Waals surface area contributed by atoms with Gasteiger partial charge in [-0.25, -0.2) is 9.78 Å². The summed E-state index contributed by atoms with van der Waals surface area (Å²) in [5.41, 5.74) is 0.303. The van der Waals surface area contributed by atoms with Crippen molar-refractivity contribution in [3.63, 3.8) is 0 Å². The summed E-state index contributed by atoms with van der Waals surface area (Å²) in [4.78, 5) is 28.5. The second-order valence-electron chi connectivity index (χ2n) is 4.58. The standard InChI is InChI=1S/C13H18N4O3/c18-12(10-1-2-11(13(19)20)16-9-10)15-5-8-17-6-3-14-4-7-17/h1-2,9,14H,3-8H2,(H,15,18)(H,19,20). The second kappa shape index (κ2) is 6.97. The fraction of sp³-hybridized carbons (Fsp3) is 0.462. The van der Waals surface area contributed by atoms with Crippen LogP contribution in [0.15, 0.2) is 18.3 Å². The van der Waals surface area contributed by atoms with Gasteiger partial charge in [0.05, 0.1) is 5.56 Å². The number of aromatic carboxylic acids is 1. The summed E-state index contributed by atoms with van der Waals surface area (Å²) in [5, 5.41) is 14.8. The predicted octanol–water partition coefficient (Wildman–Crippen LogP) is -0.585. The first-order valence-electron chi connectivity index (χ1n) is 6.57. The lowest BCUT2D eigenvalue weighted by Crippen LogP contribution is -2.46. The van der Waals surface area contributed by atoms with E-state index in [9.17, 15) is 9.59 Å². The van der Waals surface area contributed by atoms with E-state index >= 15 is 0 Å². The molecule has 20 heavy (non-hydrogen) atoms. The number of nitrogens with one attached hydrogen (secondary N) is 2. The van der Waals surface area contributed by atoms with Crippen LogP contribution in [0.25, 0.3) is 0 Å². The summed E-state index contributed by atoms with van der Waals surface area (Å²) in [6, 6.07) is 2.80. The van der Waals surface area contributed by atoms with Crippen LogP contribution in [0.5, 0.6) is 0 Å². The van der Waals surface area contributed by atoms with E-state index in [0.717, 1.165) is 32.7 Å². The molecule has 0 radical (unpaired) electrons. The molecule has 0 saturated carbocycles. The summed E-state index contributed by atoms with van der Waals surface area (Å²) in [5.74, 6) is -1.33. The van der Waals surface area contributed by atoms with Gasteiger partial charge in [-0.1, -0.05) is 0 Å². The molecule has 1 aromatic heterocycles. The minimum atomic E-state index is -1.10. The van der Waals surface area contributed by atoms with Gasteiger partial charge >= 0.3 is 5.97 Å². The number of amides is 1. The highest BCUT2D eigenvalue weighted by Crippen LogP contribution is 2.00. The number of carbonyl (C=O) groups excluding carboxylic acids is 1. The number of nitrogens with zero attached hydrogens (tertiary/aromatic N) is 2. The molecule has 7 heteroatoms. The average molecular weight is 278 g/mol. The molecule has 0 spiro atoms. The topological polar surface area (TPSA) is 94.6 Å². The SMILES string of the molecule is O=C(NCCN1CCNCC1)c1ccc(C(=O)O)nc1. The number of hydrogen-bond acceptors (Lipinski definition) is 5. The maximum Gasteiger partial charge on any atom is 0.354 e. The van der Waals surface area contributed by atoms with Gasteiger partial charge in [-0.2, -0.15) is 0 Å². The molecule has 2 rings (SSSR count). The highest BCUT2D eigenvalue weighted by atomic mass is 16.4. The minimum Gasteiger partial charge on any atom is -0.477 e. The summed E-state index contributed by atoms with van der Waals surface area (Å²) < 4.78 is 0. The minimum absolute atomic E-state index is 0.0673. The molecule has 0 aromatic carbocycles. The number of aromatic nitrogens is 1. The molecule has 1 aliphatic heterocycles. The van der Waals surface area contributed by atoms with Gasteiger partial charge in [0.1, 0.15) is 5.69 Å².